The molecule has 118 valence electrons. The van der Waals surface area contributed by atoms with E-state index in [0.29, 0.717) is 5.56 Å². The van der Waals surface area contributed by atoms with Crippen LogP contribution in [-0.4, -0.2) is 15.2 Å². The van der Waals surface area contributed by atoms with Gasteiger partial charge in [-0.25, -0.2) is 0 Å². The minimum Gasteiger partial charge on any atom is -0.508 e. The highest BCUT2D eigenvalue weighted by molar-refractivity contribution is 5.68. The van der Waals surface area contributed by atoms with Gasteiger partial charge in [-0.15, -0.1) is 0 Å². The smallest absolute Gasteiger partial charge is 0.123 e. The SMILES string of the molecule is CCCCCCCCc1c(O)cc(-c2cccnc2)cc1O. The Balaban J connectivity index is 1.98. The topological polar surface area (TPSA) is 53.4 Å². The monoisotopic (exact) mass is 299 g/mol. The summed E-state index contributed by atoms with van der Waals surface area (Å²) in [6, 6.07) is 7.18. The Labute approximate surface area is 132 Å². The highest BCUT2D eigenvalue weighted by Crippen LogP contribution is 2.34. The molecule has 0 radical (unpaired) electrons. The number of aromatic nitrogens is 1. The van der Waals surface area contributed by atoms with Gasteiger partial charge in [0, 0.05) is 23.5 Å². The van der Waals surface area contributed by atoms with Crippen LogP contribution < -0.4 is 0 Å². The Kier molecular flexibility index (Phi) is 6.26. The molecular formula is C19H25NO2. The molecule has 2 rings (SSSR count). The molecular weight excluding hydrogens is 274 g/mol. The molecule has 3 nitrogen and oxygen atoms in total. The molecule has 0 saturated heterocycles. The van der Waals surface area contributed by atoms with Crippen LogP contribution >= 0.6 is 0 Å². The summed E-state index contributed by atoms with van der Waals surface area (Å²) >= 11 is 0. The number of hydrogen-bond donors (Lipinski definition) is 2. The molecule has 0 aliphatic heterocycles. The van der Waals surface area contributed by atoms with E-state index in [1.165, 1.54) is 25.7 Å². The largest absolute Gasteiger partial charge is 0.508 e. The van der Waals surface area contributed by atoms with Crippen molar-refractivity contribution in [1.82, 2.24) is 4.98 Å². The van der Waals surface area contributed by atoms with Gasteiger partial charge in [0.15, 0.2) is 0 Å². The molecule has 0 unspecified atom stereocenters. The van der Waals surface area contributed by atoms with Crippen LogP contribution in [0.2, 0.25) is 0 Å². The van der Waals surface area contributed by atoms with Crippen LogP contribution in [0, 0.1) is 0 Å². The first-order valence-corrected chi connectivity index (χ1v) is 8.17. The summed E-state index contributed by atoms with van der Waals surface area (Å²) in [6.45, 7) is 2.21. The fraction of sp³-hybridized carbons (Fsp3) is 0.421. The zero-order valence-electron chi connectivity index (χ0n) is 13.3. The summed E-state index contributed by atoms with van der Waals surface area (Å²) in [4.78, 5) is 4.06. The Morgan fingerprint density at radius 3 is 2.23 bits per heavy atom. The molecule has 0 aliphatic carbocycles. The number of benzene rings is 1. The molecule has 0 amide bonds. The summed E-state index contributed by atoms with van der Waals surface area (Å²) in [5, 5.41) is 20.4. The van der Waals surface area contributed by atoms with Crippen LogP contribution in [0.1, 0.15) is 51.0 Å². The quantitative estimate of drug-likeness (QED) is 0.670. The van der Waals surface area contributed by atoms with Gasteiger partial charge < -0.3 is 10.2 Å². The van der Waals surface area contributed by atoms with Crippen molar-refractivity contribution >= 4 is 0 Å². The van der Waals surface area contributed by atoms with Crippen LogP contribution in [0.5, 0.6) is 11.5 Å². The van der Waals surface area contributed by atoms with E-state index in [9.17, 15) is 10.2 Å². The minimum absolute atomic E-state index is 0.174. The molecule has 0 aliphatic rings. The third kappa shape index (κ3) is 4.48. The standard InChI is InChI=1S/C19H25NO2/c1-2-3-4-5-6-7-10-17-18(21)12-16(13-19(17)22)15-9-8-11-20-14-15/h8-9,11-14,21-22H,2-7,10H2,1H3. The molecule has 2 N–H and O–H groups in total. The van der Waals surface area contributed by atoms with Crippen LogP contribution in [0.25, 0.3) is 11.1 Å². The maximum atomic E-state index is 10.2. The first kappa shape index (κ1) is 16.3. The molecule has 1 aromatic carbocycles. The van der Waals surface area contributed by atoms with Gasteiger partial charge in [0.25, 0.3) is 0 Å². The lowest BCUT2D eigenvalue weighted by atomic mass is 9.99. The second-order valence-electron chi connectivity index (χ2n) is 5.75. The summed E-state index contributed by atoms with van der Waals surface area (Å²) < 4.78 is 0. The van der Waals surface area contributed by atoms with Crippen molar-refractivity contribution in [3.05, 3.63) is 42.2 Å². The molecule has 1 heterocycles. The van der Waals surface area contributed by atoms with Gasteiger partial charge in [-0.05, 0) is 36.6 Å². The van der Waals surface area contributed by atoms with Gasteiger partial charge >= 0.3 is 0 Å². The van der Waals surface area contributed by atoms with Gasteiger partial charge in [0.05, 0.1) is 0 Å². The number of hydrogen-bond acceptors (Lipinski definition) is 3. The zero-order valence-corrected chi connectivity index (χ0v) is 13.3. The number of nitrogens with zero attached hydrogens (tertiary/aromatic N) is 1. The second kappa shape index (κ2) is 8.42. The van der Waals surface area contributed by atoms with Crippen molar-refractivity contribution in [2.45, 2.75) is 51.9 Å². The maximum Gasteiger partial charge on any atom is 0.123 e. The summed E-state index contributed by atoms with van der Waals surface area (Å²) in [5.74, 6) is 0.347. The van der Waals surface area contributed by atoms with Crippen molar-refractivity contribution in [3.8, 4) is 22.6 Å². The molecule has 0 bridgehead atoms. The fourth-order valence-electron chi connectivity index (χ4n) is 2.68. The van der Waals surface area contributed by atoms with Crippen molar-refractivity contribution in [2.24, 2.45) is 0 Å². The Morgan fingerprint density at radius 2 is 1.59 bits per heavy atom. The van der Waals surface area contributed by atoms with Crippen LogP contribution in [-0.2, 0) is 6.42 Å². The fourth-order valence-corrected chi connectivity index (χ4v) is 2.68. The third-order valence-electron chi connectivity index (χ3n) is 3.98. The number of rotatable bonds is 8. The highest BCUT2D eigenvalue weighted by atomic mass is 16.3. The zero-order chi connectivity index (χ0) is 15.8. The summed E-state index contributed by atoms with van der Waals surface area (Å²) in [6.07, 6.45) is 11.3. The van der Waals surface area contributed by atoms with Crippen molar-refractivity contribution in [3.63, 3.8) is 0 Å². The van der Waals surface area contributed by atoms with E-state index >= 15 is 0 Å². The van der Waals surface area contributed by atoms with Crippen molar-refractivity contribution in [2.75, 3.05) is 0 Å². The molecule has 0 atom stereocenters. The van der Waals surface area contributed by atoms with E-state index in [2.05, 4.69) is 11.9 Å². The average molecular weight is 299 g/mol. The number of unbranched alkanes of at least 4 members (excludes halogenated alkanes) is 5. The first-order chi connectivity index (χ1) is 10.7. The minimum atomic E-state index is 0.174. The average Bonchev–Trinajstić information content (AvgIpc) is 2.53. The molecule has 0 spiro atoms. The molecule has 3 heteroatoms. The molecule has 2 aromatic rings. The van der Waals surface area contributed by atoms with E-state index in [4.69, 9.17) is 0 Å². The molecule has 1 aromatic heterocycles. The lowest BCUT2D eigenvalue weighted by molar-refractivity contribution is 0.436. The summed E-state index contributed by atoms with van der Waals surface area (Å²) in [7, 11) is 0. The van der Waals surface area contributed by atoms with Gasteiger partial charge in [0.1, 0.15) is 11.5 Å². The highest BCUT2D eigenvalue weighted by Gasteiger charge is 2.10. The molecule has 22 heavy (non-hydrogen) atoms. The van der Waals surface area contributed by atoms with Crippen LogP contribution in [0.15, 0.2) is 36.7 Å². The van der Waals surface area contributed by atoms with Crippen molar-refractivity contribution in [1.29, 1.82) is 0 Å². The van der Waals surface area contributed by atoms with E-state index in [-0.39, 0.29) is 11.5 Å². The summed E-state index contributed by atoms with van der Waals surface area (Å²) in [5.41, 5.74) is 2.33. The van der Waals surface area contributed by atoms with E-state index in [1.54, 1.807) is 24.5 Å². The third-order valence-corrected chi connectivity index (χ3v) is 3.98. The first-order valence-electron chi connectivity index (χ1n) is 8.17. The van der Waals surface area contributed by atoms with Gasteiger partial charge in [-0.2, -0.15) is 0 Å². The van der Waals surface area contributed by atoms with E-state index in [0.717, 1.165) is 30.4 Å². The number of pyridine rings is 1. The van der Waals surface area contributed by atoms with Gasteiger partial charge in [-0.3, -0.25) is 4.98 Å². The number of aromatic hydroxyl groups is 2. The predicted molar refractivity (Wildman–Crippen MR) is 90.1 cm³/mol. The predicted octanol–water partition coefficient (Wildman–Crippen LogP) is 5.06. The van der Waals surface area contributed by atoms with Gasteiger partial charge in [0.2, 0.25) is 0 Å². The number of phenols is 2. The maximum absolute atomic E-state index is 10.2. The van der Waals surface area contributed by atoms with E-state index in [1.807, 2.05) is 12.1 Å². The second-order valence-corrected chi connectivity index (χ2v) is 5.75. The Hall–Kier alpha value is -2.03. The van der Waals surface area contributed by atoms with Gasteiger partial charge in [-0.1, -0.05) is 45.1 Å². The molecule has 0 saturated carbocycles. The van der Waals surface area contributed by atoms with E-state index < -0.39 is 0 Å². The van der Waals surface area contributed by atoms with Crippen LogP contribution in [0.3, 0.4) is 0 Å². The Bertz CT molecular complexity index is 558. The van der Waals surface area contributed by atoms with Crippen LogP contribution in [0.4, 0.5) is 0 Å². The lowest BCUT2D eigenvalue weighted by Crippen LogP contribution is -1.90. The lowest BCUT2D eigenvalue weighted by Gasteiger charge is -2.10. The van der Waals surface area contributed by atoms with Crippen molar-refractivity contribution < 1.29 is 10.2 Å². The Morgan fingerprint density at radius 1 is 0.909 bits per heavy atom. The normalized spacial score (nSPS) is 10.8. The molecule has 0 fully saturated rings. The number of phenolic OH excluding ortho intramolecular Hbond substituents is 2.